The lowest BCUT2D eigenvalue weighted by atomic mass is 9.74. The Morgan fingerprint density at radius 1 is 1.22 bits per heavy atom. The summed E-state index contributed by atoms with van der Waals surface area (Å²) in [5, 5.41) is 0. The zero-order valence-corrected chi connectivity index (χ0v) is 11.1. The molecule has 2 unspecified atom stereocenters. The maximum atomic E-state index is 6.33. The molecule has 18 heavy (non-hydrogen) atoms. The van der Waals surface area contributed by atoms with Crippen molar-refractivity contribution in [2.75, 3.05) is 0 Å². The topological polar surface area (TPSA) is 26.0 Å². The summed E-state index contributed by atoms with van der Waals surface area (Å²) in [6.07, 6.45) is 11.2. The lowest BCUT2D eigenvalue weighted by Crippen LogP contribution is -2.28. The molecular formula is C17H23N. The molecule has 0 saturated carbocycles. The van der Waals surface area contributed by atoms with E-state index in [4.69, 9.17) is 5.73 Å². The summed E-state index contributed by atoms with van der Waals surface area (Å²) >= 11 is 0. The van der Waals surface area contributed by atoms with Gasteiger partial charge >= 0.3 is 0 Å². The smallest absolute Gasteiger partial charge is 0.00820 e. The first-order chi connectivity index (χ1) is 8.83. The minimum absolute atomic E-state index is 0.354. The van der Waals surface area contributed by atoms with Gasteiger partial charge in [0, 0.05) is 6.04 Å². The van der Waals surface area contributed by atoms with Gasteiger partial charge in [-0.1, -0.05) is 35.9 Å². The standard InChI is InChI=1S/C17H23N/c18-16(10-13-6-2-1-3-7-13)12-15-11-14-8-4-5-9-17(14)15/h4-6,8-9,15-16H,1-3,7,10-12,18H2. The van der Waals surface area contributed by atoms with E-state index in [2.05, 4.69) is 30.3 Å². The zero-order chi connectivity index (χ0) is 12.4. The molecule has 0 amide bonds. The highest BCUT2D eigenvalue weighted by atomic mass is 14.6. The van der Waals surface area contributed by atoms with Crippen LogP contribution in [0.4, 0.5) is 0 Å². The van der Waals surface area contributed by atoms with Crippen LogP contribution in [0.3, 0.4) is 0 Å². The first-order valence-corrected chi connectivity index (χ1v) is 7.34. The van der Waals surface area contributed by atoms with Gasteiger partial charge in [0.25, 0.3) is 0 Å². The third-order valence-corrected chi connectivity index (χ3v) is 4.46. The average Bonchev–Trinajstić information content (AvgIpc) is 2.37. The van der Waals surface area contributed by atoms with Gasteiger partial charge in [-0.2, -0.15) is 0 Å². The molecule has 0 heterocycles. The van der Waals surface area contributed by atoms with Crippen LogP contribution in [0, 0.1) is 0 Å². The normalized spacial score (nSPS) is 23.8. The average molecular weight is 241 g/mol. The molecule has 0 bridgehead atoms. The van der Waals surface area contributed by atoms with E-state index in [9.17, 15) is 0 Å². The van der Waals surface area contributed by atoms with Gasteiger partial charge in [0.05, 0.1) is 0 Å². The molecule has 1 heteroatoms. The number of fused-ring (bicyclic) bond motifs is 1. The zero-order valence-electron chi connectivity index (χ0n) is 11.1. The predicted octanol–water partition coefficient (Wildman–Crippen LogP) is 3.93. The summed E-state index contributed by atoms with van der Waals surface area (Å²) in [6, 6.07) is 9.17. The summed E-state index contributed by atoms with van der Waals surface area (Å²) in [5.41, 5.74) is 11.0. The van der Waals surface area contributed by atoms with Crippen molar-refractivity contribution < 1.29 is 0 Å². The van der Waals surface area contributed by atoms with E-state index in [0.717, 1.165) is 18.8 Å². The van der Waals surface area contributed by atoms with Gasteiger partial charge in [-0.3, -0.25) is 0 Å². The molecule has 2 aliphatic carbocycles. The summed E-state index contributed by atoms with van der Waals surface area (Å²) in [5.74, 6) is 0.723. The van der Waals surface area contributed by atoms with Crippen LogP contribution in [-0.4, -0.2) is 6.04 Å². The molecule has 3 rings (SSSR count). The minimum Gasteiger partial charge on any atom is -0.327 e. The van der Waals surface area contributed by atoms with Gasteiger partial charge in [-0.15, -0.1) is 0 Å². The number of hydrogen-bond acceptors (Lipinski definition) is 1. The third-order valence-electron chi connectivity index (χ3n) is 4.46. The Morgan fingerprint density at radius 2 is 2.11 bits per heavy atom. The summed E-state index contributed by atoms with van der Waals surface area (Å²) in [6.45, 7) is 0. The van der Waals surface area contributed by atoms with Crippen LogP contribution < -0.4 is 5.73 Å². The Kier molecular flexibility index (Phi) is 3.51. The molecule has 0 spiro atoms. The lowest BCUT2D eigenvalue weighted by Gasteiger charge is -2.32. The van der Waals surface area contributed by atoms with Gasteiger partial charge in [-0.25, -0.2) is 0 Å². The Bertz CT molecular complexity index is 447. The number of nitrogens with two attached hydrogens (primary N) is 1. The molecule has 2 N–H and O–H groups in total. The SMILES string of the molecule is NC(CC1=CCCCC1)CC1Cc2ccccc21. The largest absolute Gasteiger partial charge is 0.327 e. The van der Waals surface area contributed by atoms with Crippen molar-refractivity contribution in [2.45, 2.75) is 56.9 Å². The highest BCUT2D eigenvalue weighted by Gasteiger charge is 2.27. The van der Waals surface area contributed by atoms with Crippen LogP contribution in [0.1, 0.15) is 55.6 Å². The fourth-order valence-corrected chi connectivity index (χ4v) is 3.45. The van der Waals surface area contributed by atoms with Gasteiger partial charge < -0.3 is 5.73 Å². The number of benzene rings is 1. The predicted molar refractivity (Wildman–Crippen MR) is 76.6 cm³/mol. The molecule has 0 saturated heterocycles. The molecule has 1 aromatic carbocycles. The van der Waals surface area contributed by atoms with Gasteiger partial charge in [0.1, 0.15) is 0 Å². The van der Waals surface area contributed by atoms with Crippen molar-refractivity contribution in [3.63, 3.8) is 0 Å². The molecule has 2 aliphatic rings. The molecule has 0 radical (unpaired) electrons. The molecular weight excluding hydrogens is 218 g/mol. The minimum atomic E-state index is 0.354. The van der Waals surface area contributed by atoms with Crippen LogP contribution in [0.25, 0.3) is 0 Å². The Hall–Kier alpha value is -1.08. The number of hydrogen-bond donors (Lipinski definition) is 1. The maximum absolute atomic E-state index is 6.33. The second-order valence-electron chi connectivity index (χ2n) is 5.91. The Labute approximate surface area is 110 Å². The summed E-state index contributed by atoms with van der Waals surface area (Å²) in [7, 11) is 0. The second-order valence-corrected chi connectivity index (χ2v) is 5.91. The molecule has 2 atom stereocenters. The lowest BCUT2D eigenvalue weighted by molar-refractivity contribution is 0.476. The van der Waals surface area contributed by atoms with Crippen molar-refractivity contribution >= 4 is 0 Å². The van der Waals surface area contributed by atoms with Crippen molar-refractivity contribution in [3.05, 3.63) is 47.0 Å². The van der Waals surface area contributed by atoms with Crippen LogP contribution in [0.5, 0.6) is 0 Å². The van der Waals surface area contributed by atoms with Gasteiger partial charge in [0.2, 0.25) is 0 Å². The van der Waals surface area contributed by atoms with Crippen LogP contribution in [-0.2, 0) is 6.42 Å². The van der Waals surface area contributed by atoms with Crippen molar-refractivity contribution in [3.8, 4) is 0 Å². The van der Waals surface area contributed by atoms with Crippen molar-refractivity contribution in [1.82, 2.24) is 0 Å². The van der Waals surface area contributed by atoms with E-state index in [1.165, 1.54) is 37.7 Å². The van der Waals surface area contributed by atoms with Crippen molar-refractivity contribution in [1.29, 1.82) is 0 Å². The highest BCUT2D eigenvalue weighted by molar-refractivity contribution is 5.39. The van der Waals surface area contributed by atoms with Crippen LogP contribution in [0.2, 0.25) is 0 Å². The van der Waals surface area contributed by atoms with Crippen LogP contribution in [0.15, 0.2) is 35.9 Å². The maximum Gasteiger partial charge on any atom is 0.00820 e. The van der Waals surface area contributed by atoms with E-state index < -0.39 is 0 Å². The monoisotopic (exact) mass is 241 g/mol. The number of allylic oxidation sites excluding steroid dienone is 1. The molecule has 0 aromatic heterocycles. The molecule has 0 fully saturated rings. The van der Waals surface area contributed by atoms with E-state index in [0.29, 0.717) is 6.04 Å². The highest BCUT2D eigenvalue weighted by Crippen LogP contribution is 2.38. The van der Waals surface area contributed by atoms with E-state index in [1.54, 1.807) is 11.1 Å². The quantitative estimate of drug-likeness (QED) is 0.794. The van der Waals surface area contributed by atoms with E-state index in [-0.39, 0.29) is 0 Å². The van der Waals surface area contributed by atoms with E-state index >= 15 is 0 Å². The Morgan fingerprint density at radius 3 is 2.89 bits per heavy atom. The van der Waals surface area contributed by atoms with E-state index in [1.807, 2.05) is 0 Å². The number of rotatable bonds is 4. The fraction of sp³-hybridized carbons (Fsp3) is 0.529. The molecule has 96 valence electrons. The molecule has 1 nitrogen and oxygen atoms in total. The summed E-state index contributed by atoms with van der Waals surface area (Å²) in [4.78, 5) is 0. The molecule has 0 aliphatic heterocycles. The fourth-order valence-electron chi connectivity index (χ4n) is 3.45. The third kappa shape index (κ3) is 2.51. The second kappa shape index (κ2) is 5.27. The van der Waals surface area contributed by atoms with Gasteiger partial charge in [0.15, 0.2) is 0 Å². The van der Waals surface area contributed by atoms with Crippen molar-refractivity contribution in [2.24, 2.45) is 5.73 Å². The first-order valence-electron chi connectivity index (χ1n) is 7.34. The summed E-state index contributed by atoms with van der Waals surface area (Å²) < 4.78 is 0. The van der Waals surface area contributed by atoms with Crippen LogP contribution >= 0.6 is 0 Å². The Balaban J connectivity index is 1.53. The van der Waals surface area contributed by atoms with Gasteiger partial charge in [-0.05, 0) is 62.0 Å². The molecule has 1 aromatic rings. The first kappa shape index (κ1) is 12.0.